The quantitative estimate of drug-likeness (QED) is 0.634. The number of para-hydroxylation sites is 1. The highest BCUT2D eigenvalue weighted by Crippen LogP contribution is 2.27. The van der Waals surface area contributed by atoms with Crippen molar-refractivity contribution in [2.24, 2.45) is 0 Å². The third-order valence-electron chi connectivity index (χ3n) is 4.83. The highest BCUT2D eigenvalue weighted by Gasteiger charge is 2.34. The van der Waals surface area contributed by atoms with Crippen LogP contribution in [0.15, 0.2) is 44.9 Å². The highest BCUT2D eigenvalue weighted by molar-refractivity contribution is 7.88. The van der Waals surface area contributed by atoms with Gasteiger partial charge in [-0.05, 0) is 25.0 Å². The van der Waals surface area contributed by atoms with Crippen LogP contribution in [0, 0.1) is 0 Å². The molecule has 0 radical (unpaired) electrons. The second kappa shape index (κ2) is 7.69. The number of nitrogens with zero attached hydrogens (tertiary/aromatic N) is 2. The Balaban J connectivity index is 1.57. The second-order valence-corrected chi connectivity index (χ2v) is 9.69. The third-order valence-corrected chi connectivity index (χ3v) is 6.88. The van der Waals surface area contributed by atoms with Crippen molar-refractivity contribution >= 4 is 43.4 Å². The number of amides is 1. The molecule has 4 rings (SSSR count). The maximum atomic E-state index is 12.7. The topological polar surface area (TPSA) is 110 Å². The summed E-state index contributed by atoms with van der Waals surface area (Å²) in [5, 5.41) is 5.42. The molecule has 2 aromatic heterocycles. The maximum Gasteiger partial charge on any atom is 0.345 e. The molecule has 152 valence electrons. The Morgan fingerprint density at radius 2 is 2.10 bits per heavy atom. The van der Waals surface area contributed by atoms with Gasteiger partial charge in [-0.15, -0.1) is 11.3 Å². The lowest BCUT2D eigenvalue weighted by Crippen LogP contribution is -2.49. The van der Waals surface area contributed by atoms with E-state index in [0.29, 0.717) is 34.9 Å². The standard InChI is InChI=1S/C19H19N3O5S2/c1-29(25,26)22-9-5-4-7-15(22)17(23)21-19-20-14(11-28-19)13-10-12-6-2-3-8-16(12)27-18(13)24/h2-3,6,8,10-11,15H,4-5,7,9H2,1H3,(H,20,21,23). The summed E-state index contributed by atoms with van der Waals surface area (Å²) in [5.74, 6) is -0.415. The molecule has 1 saturated heterocycles. The number of rotatable bonds is 4. The number of thiazole rings is 1. The molecule has 1 aromatic carbocycles. The number of hydrogen-bond donors (Lipinski definition) is 1. The lowest BCUT2D eigenvalue weighted by atomic mass is 10.0. The van der Waals surface area contributed by atoms with Crippen LogP contribution in [-0.4, -0.2) is 42.5 Å². The summed E-state index contributed by atoms with van der Waals surface area (Å²) in [6, 6.07) is 8.12. The van der Waals surface area contributed by atoms with Gasteiger partial charge in [-0.2, -0.15) is 4.31 Å². The number of carbonyl (C=O) groups is 1. The number of anilines is 1. The van der Waals surface area contributed by atoms with E-state index >= 15 is 0 Å². The van der Waals surface area contributed by atoms with Crippen molar-refractivity contribution in [1.82, 2.24) is 9.29 Å². The molecule has 0 bridgehead atoms. The highest BCUT2D eigenvalue weighted by atomic mass is 32.2. The Morgan fingerprint density at radius 3 is 2.90 bits per heavy atom. The fourth-order valence-corrected chi connectivity index (χ4v) is 5.29. The lowest BCUT2D eigenvalue weighted by molar-refractivity contribution is -0.120. The normalized spacial score (nSPS) is 18.0. The first-order valence-corrected chi connectivity index (χ1v) is 11.8. The Labute approximate surface area is 171 Å². The van der Waals surface area contributed by atoms with Gasteiger partial charge in [0.1, 0.15) is 11.6 Å². The molecule has 8 nitrogen and oxygen atoms in total. The van der Waals surface area contributed by atoms with Gasteiger partial charge in [0.2, 0.25) is 15.9 Å². The predicted molar refractivity (Wildman–Crippen MR) is 111 cm³/mol. The lowest BCUT2D eigenvalue weighted by Gasteiger charge is -2.32. The van der Waals surface area contributed by atoms with E-state index in [1.807, 2.05) is 12.1 Å². The monoisotopic (exact) mass is 433 g/mol. The Morgan fingerprint density at radius 1 is 1.31 bits per heavy atom. The zero-order chi connectivity index (χ0) is 20.6. The van der Waals surface area contributed by atoms with E-state index in [2.05, 4.69) is 10.3 Å². The molecular weight excluding hydrogens is 414 g/mol. The molecule has 0 saturated carbocycles. The first-order chi connectivity index (χ1) is 13.8. The third kappa shape index (κ3) is 4.09. The number of sulfonamides is 1. The van der Waals surface area contributed by atoms with Crippen molar-refractivity contribution in [1.29, 1.82) is 0 Å². The molecule has 1 aliphatic rings. The van der Waals surface area contributed by atoms with Crippen molar-refractivity contribution in [3.8, 4) is 11.3 Å². The van der Waals surface area contributed by atoms with Crippen LogP contribution in [0.3, 0.4) is 0 Å². The van der Waals surface area contributed by atoms with E-state index in [-0.39, 0.29) is 0 Å². The minimum atomic E-state index is -3.47. The van der Waals surface area contributed by atoms with Gasteiger partial charge in [-0.3, -0.25) is 4.79 Å². The van der Waals surface area contributed by atoms with E-state index in [0.717, 1.165) is 24.5 Å². The van der Waals surface area contributed by atoms with E-state index in [1.165, 1.54) is 15.6 Å². The molecule has 1 unspecified atom stereocenters. The largest absolute Gasteiger partial charge is 0.422 e. The van der Waals surface area contributed by atoms with Gasteiger partial charge < -0.3 is 9.73 Å². The van der Waals surface area contributed by atoms with E-state index in [1.54, 1.807) is 23.6 Å². The van der Waals surface area contributed by atoms with Gasteiger partial charge in [0.25, 0.3) is 0 Å². The Bertz CT molecular complexity index is 1230. The van der Waals surface area contributed by atoms with Crippen molar-refractivity contribution in [3.63, 3.8) is 0 Å². The fourth-order valence-electron chi connectivity index (χ4n) is 3.45. The summed E-state index contributed by atoms with van der Waals surface area (Å²) in [6.45, 7) is 0.332. The molecule has 1 aliphatic heterocycles. The van der Waals surface area contributed by atoms with E-state index < -0.39 is 27.6 Å². The van der Waals surface area contributed by atoms with Crippen molar-refractivity contribution < 1.29 is 17.6 Å². The number of aromatic nitrogens is 1. The number of carbonyl (C=O) groups excluding carboxylic acids is 1. The minimum absolute atomic E-state index is 0.302. The zero-order valence-electron chi connectivity index (χ0n) is 15.6. The van der Waals surface area contributed by atoms with Crippen LogP contribution in [0.2, 0.25) is 0 Å². The van der Waals surface area contributed by atoms with Crippen LogP contribution in [0.4, 0.5) is 5.13 Å². The van der Waals surface area contributed by atoms with Crippen LogP contribution < -0.4 is 10.9 Å². The summed E-state index contributed by atoms with van der Waals surface area (Å²) in [4.78, 5) is 29.3. The van der Waals surface area contributed by atoms with Gasteiger partial charge in [-0.25, -0.2) is 18.2 Å². The summed E-state index contributed by atoms with van der Waals surface area (Å²) in [6.07, 6.45) is 3.09. The number of fused-ring (bicyclic) bond motifs is 1. The SMILES string of the molecule is CS(=O)(=O)N1CCCCC1C(=O)Nc1nc(-c2cc3ccccc3oc2=O)cs1. The average molecular weight is 434 g/mol. The van der Waals surface area contributed by atoms with E-state index in [9.17, 15) is 18.0 Å². The summed E-state index contributed by atoms with van der Waals surface area (Å²) in [5.41, 5.74) is 0.676. The molecule has 1 N–H and O–H groups in total. The molecule has 0 spiro atoms. The summed E-state index contributed by atoms with van der Waals surface area (Å²) in [7, 11) is -3.47. The van der Waals surface area contributed by atoms with Gasteiger partial charge >= 0.3 is 5.63 Å². The van der Waals surface area contributed by atoms with Gasteiger partial charge in [-0.1, -0.05) is 24.6 Å². The molecule has 29 heavy (non-hydrogen) atoms. The second-order valence-electron chi connectivity index (χ2n) is 6.90. The van der Waals surface area contributed by atoms with E-state index in [4.69, 9.17) is 4.42 Å². The van der Waals surface area contributed by atoms with Crippen LogP contribution in [0.1, 0.15) is 19.3 Å². The summed E-state index contributed by atoms with van der Waals surface area (Å²) < 4.78 is 30.5. The van der Waals surface area contributed by atoms with Crippen LogP contribution in [0.5, 0.6) is 0 Å². The molecule has 3 heterocycles. The number of nitrogens with one attached hydrogen (secondary N) is 1. The van der Waals surface area contributed by atoms with Gasteiger partial charge in [0.15, 0.2) is 5.13 Å². The Kier molecular flexibility index (Phi) is 5.24. The molecule has 3 aromatic rings. The first-order valence-electron chi connectivity index (χ1n) is 9.09. The molecule has 0 aliphatic carbocycles. The molecular formula is C19H19N3O5S2. The van der Waals surface area contributed by atoms with Gasteiger partial charge in [0, 0.05) is 17.3 Å². The smallest absolute Gasteiger partial charge is 0.345 e. The number of hydrogen-bond acceptors (Lipinski definition) is 7. The van der Waals surface area contributed by atoms with Crippen LogP contribution in [0.25, 0.3) is 22.2 Å². The predicted octanol–water partition coefficient (Wildman–Crippen LogP) is 2.67. The number of benzene rings is 1. The van der Waals surface area contributed by atoms with Crippen molar-refractivity contribution in [3.05, 3.63) is 46.1 Å². The van der Waals surface area contributed by atoms with Crippen LogP contribution in [-0.2, 0) is 14.8 Å². The minimum Gasteiger partial charge on any atom is -0.422 e. The molecule has 10 heteroatoms. The molecule has 1 fully saturated rings. The fraction of sp³-hybridized carbons (Fsp3) is 0.316. The van der Waals surface area contributed by atoms with Crippen molar-refractivity contribution in [2.45, 2.75) is 25.3 Å². The van der Waals surface area contributed by atoms with Crippen LogP contribution >= 0.6 is 11.3 Å². The Hall–Kier alpha value is -2.56. The van der Waals surface area contributed by atoms with Gasteiger partial charge in [0.05, 0.1) is 17.5 Å². The first kappa shape index (κ1) is 19.7. The maximum absolute atomic E-state index is 12.7. The zero-order valence-corrected chi connectivity index (χ0v) is 17.3. The average Bonchev–Trinajstić information content (AvgIpc) is 3.15. The molecule has 1 amide bonds. The molecule has 1 atom stereocenters. The van der Waals surface area contributed by atoms with Crippen molar-refractivity contribution in [2.75, 3.05) is 18.1 Å². The summed E-state index contributed by atoms with van der Waals surface area (Å²) >= 11 is 1.17. The number of piperidine rings is 1.